The van der Waals surface area contributed by atoms with Gasteiger partial charge < -0.3 is 29.2 Å². The molecule has 2 aromatic rings. The summed E-state index contributed by atoms with van der Waals surface area (Å²) in [6, 6.07) is 5.78. The third kappa shape index (κ3) is 4.43. The molecule has 1 aromatic carbocycles. The number of aromatic nitrogens is 1. The van der Waals surface area contributed by atoms with E-state index in [1.54, 1.807) is 13.8 Å². The molecule has 0 saturated carbocycles. The Morgan fingerprint density at radius 1 is 1.17 bits per heavy atom. The SMILES string of the molecule is COCCOC(=O)c1c(C)[nH]c(C(=O)NCC(C)(C)c2ccc3c(c2)OCO3)c1C. The molecule has 2 heterocycles. The number of H-pyrrole nitrogens is 1. The number of esters is 1. The lowest BCUT2D eigenvalue weighted by atomic mass is 9.84. The van der Waals surface area contributed by atoms with Crippen LogP contribution in [0.2, 0.25) is 0 Å². The Morgan fingerprint density at radius 3 is 2.63 bits per heavy atom. The molecule has 0 aliphatic carbocycles. The van der Waals surface area contributed by atoms with E-state index in [0.717, 1.165) is 11.3 Å². The summed E-state index contributed by atoms with van der Waals surface area (Å²) in [6.07, 6.45) is 0. The quantitative estimate of drug-likeness (QED) is 0.507. The van der Waals surface area contributed by atoms with Crippen molar-refractivity contribution >= 4 is 11.9 Å². The molecule has 0 atom stereocenters. The van der Waals surface area contributed by atoms with Gasteiger partial charge in [-0.1, -0.05) is 19.9 Å². The maximum absolute atomic E-state index is 12.8. The summed E-state index contributed by atoms with van der Waals surface area (Å²) in [4.78, 5) is 28.2. The van der Waals surface area contributed by atoms with Gasteiger partial charge in [-0.2, -0.15) is 0 Å². The molecule has 8 heteroatoms. The van der Waals surface area contributed by atoms with Gasteiger partial charge in [-0.25, -0.2) is 4.79 Å². The Hall–Kier alpha value is -3.00. The molecule has 0 bridgehead atoms. The van der Waals surface area contributed by atoms with Gasteiger partial charge in [0.15, 0.2) is 11.5 Å². The van der Waals surface area contributed by atoms with E-state index in [-0.39, 0.29) is 24.7 Å². The number of hydrogen-bond acceptors (Lipinski definition) is 6. The second kappa shape index (κ2) is 8.79. The number of methoxy groups -OCH3 is 1. The number of aryl methyl sites for hydroxylation is 1. The predicted molar refractivity (Wildman–Crippen MR) is 110 cm³/mol. The fourth-order valence-corrected chi connectivity index (χ4v) is 3.38. The molecular weight excluding hydrogens is 388 g/mol. The van der Waals surface area contributed by atoms with Crippen LogP contribution in [0.4, 0.5) is 0 Å². The number of aromatic amines is 1. The van der Waals surface area contributed by atoms with E-state index in [9.17, 15) is 9.59 Å². The number of nitrogens with one attached hydrogen (secondary N) is 2. The van der Waals surface area contributed by atoms with E-state index in [1.807, 2.05) is 32.0 Å². The van der Waals surface area contributed by atoms with E-state index < -0.39 is 5.97 Å². The van der Waals surface area contributed by atoms with Gasteiger partial charge in [0.25, 0.3) is 5.91 Å². The van der Waals surface area contributed by atoms with Crippen LogP contribution in [0.5, 0.6) is 11.5 Å². The Morgan fingerprint density at radius 2 is 1.90 bits per heavy atom. The van der Waals surface area contributed by atoms with Gasteiger partial charge in [0.05, 0.1) is 12.2 Å². The summed E-state index contributed by atoms with van der Waals surface area (Å²) >= 11 is 0. The van der Waals surface area contributed by atoms with Crippen LogP contribution in [0.25, 0.3) is 0 Å². The van der Waals surface area contributed by atoms with Crippen LogP contribution in [0.15, 0.2) is 18.2 Å². The molecular formula is C22H28N2O6. The highest BCUT2D eigenvalue weighted by Crippen LogP contribution is 2.36. The van der Waals surface area contributed by atoms with Crippen LogP contribution in [0, 0.1) is 13.8 Å². The number of rotatable bonds is 8. The van der Waals surface area contributed by atoms with Gasteiger partial charge in [0.2, 0.25) is 6.79 Å². The van der Waals surface area contributed by atoms with Crippen LogP contribution < -0.4 is 14.8 Å². The molecule has 1 aliphatic rings. The zero-order chi connectivity index (χ0) is 21.9. The number of benzene rings is 1. The Balaban J connectivity index is 1.68. The second-order valence-corrected chi connectivity index (χ2v) is 7.89. The van der Waals surface area contributed by atoms with Gasteiger partial charge >= 0.3 is 5.97 Å². The van der Waals surface area contributed by atoms with Gasteiger partial charge in [-0.3, -0.25) is 4.79 Å². The molecule has 0 spiro atoms. The molecule has 1 aliphatic heterocycles. The standard InChI is InChI=1S/C22H28N2O6/c1-13-18(21(26)28-9-8-27-5)14(2)24-19(13)20(25)23-11-22(3,4)15-6-7-16-17(10-15)30-12-29-16/h6-7,10,24H,8-9,11-12H2,1-5H3,(H,23,25). The highest BCUT2D eigenvalue weighted by Gasteiger charge is 2.27. The normalized spacial score (nSPS) is 12.7. The van der Waals surface area contributed by atoms with Crippen LogP contribution in [0.1, 0.15) is 51.5 Å². The number of amides is 1. The van der Waals surface area contributed by atoms with Crippen molar-refractivity contribution in [3.63, 3.8) is 0 Å². The van der Waals surface area contributed by atoms with Crippen molar-refractivity contribution < 1.29 is 28.5 Å². The smallest absolute Gasteiger partial charge is 0.340 e. The summed E-state index contributed by atoms with van der Waals surface area (Å²) in [5.41, 5.74) is 2.57. The summed E-state index contributed by atoms with van der Waals surface area (Å²) in [5, 5.41) is 2.96. The highest BCUT2D eigenvalue weighted by atomic mass is 16.7. The summed E-state index contributed by atoms with van der Waals surface area (Å²) in [6.45, 7) is 8.64. The Bertz CT molecular complexity index is 947. The molecule has 2 N–H and O–H groups in total. The minimum atomic E-state index is -0.474. The minimum absolute atomic E-state index is 0.157. The van der Waals surface area contributed by atoms with E-state index >= 15 is 0 Å². The topological polar surface area (TPSA) is 98.9 Å². The number of carbonyl (C=O) groups is 2. The molecule has 1 amide bonds. The first-order valence-electron chi connectivity index (χ1n) is 9.78. The van der Waals surface area contributed by atoms with Gasteiger partial charge in [-0.15, -0.1) is 0 Å². The van der Waals surface area contributed by atoms with Crippen LogP contribution in [-0.2, 0) is 14.9 Å². The first-order valence-corrected chi connectivity index (χ1v) is 9.78. The predicted octanol–water partition coefficient (Wildman–Crippen LogP) is 2.87. The van der Waals surface area contributed by atoms with Gasteiger partial charge in [0, 0.05) is 24.8 Å². The molecule has 30 heavy (non-hydrogen) atoms. The molecule has 1 aromatic heterocycles. The second-order valence-electron chi connectivity index (χ2n) is 7.89. The van der Waals surface area contributed by atoms with Gasteiger partial charge in [-0.05, 0) is 37.1 Å². The summed E-state index contributed by atoms with van der Waals surface area (Å²) < 4.78 is 20.9. The van der Waals surface area contributed by atoms with Crippen LogP contribution in [0.3, 0.4) is 0 Å². The molecule has 0 unspecified atom stereocenters. The monoisotopic (exact) mass is 416 g/mol. The molecule has 0 radical (unpaired) electrons. The Labute approximate surface area is 175 Å². The number of carbonyl (C=O) groups excluding carboxylic acids is 2. The molecule has 0 saturated heterocycles. The first-order chi connectivity index (χ1) is 14.2. The van der Waals surface area contributed by atoms with Crippen molar-refractivity contribution in [2.75, 3.05) is 33.7 Å². The number of hydrogen-bond donors (Lipinski definition) is 2. The minimum Gasteiger partial charge on any atom is -0.460 e. The molecule has 0 fully saturated rings. The zero-order valence-electron chi connectivity index (χ0n) is 18.0. The van der Waals surface area contributed by atoms with E-state index in [2.05, 4.69) is 10.3 Å². The molecule has 3 rings (SSSR count). The lowest BCUT2D eigenvalue weighted by Gasteiger charge is -2.26. The maximum Gasteiger partial charge on any atom is 0.340 e. The van der Waals surface area contributed by atoms with Crippen molar-refractivity contribution in [1.82, 2.24) is 10.3 Å². The first kappa shape index (κ1) is 21.7. The molecule has 8 nitrogen and oxygen atoms in total. The van der Waals surface area contributed by atoms with Crippen molar-refractivity contribution in [1.29, 1.82) is 0 Å². The van der Waals surface area contributed by atoms with Crippen molar-refractivity contribution in [2.24, 2.45) is 0 Å². The summed E-state index contributed by atoms with van der Waals surface area (Å²) in [7, 11) is 1.54. The molecule has 162 valence electrons. The van der Waals surface area contributed by atoms with Crippen molar-refractivity contribution in [3.05, 3.63) is 46.3 Å². The number of ether oxygens (including phenoxy) is 4. The van der Waals surface area contributed by atoms with Crippen molar-refractivity contribution in [2.45, 2.75) is 33.1 Å². The lowest BCUT2D eigenvalue weighted by Crippen LogP contribution is -2.37. The third-order valence-electron chi connectivity index (χ3n) is 5.23. The lowest BCUT2D eigenvalue weighted by molar-refractivity contribution is 0.0386. The van der Waals surface area contributed by atoms with E-state index in [0.29, 0.717) is 41.4 Å². The third-order valence-corrected chi connectivity index (χ3v) is 5.23. The Kier molecular flexibility index (Phi) is 6.36. The largest absolute Gasteiger partial charge is 0.460 e. The average molecular weight is 416 g/mol. The van der Waals surface area contributed by atoms with E-state index in [1.165, 1.54) is 7.11 Å². The zero-order valence-corrected chi connectivity index (χ0v) is 18.0. The number of fused-ring (bicyclic) bond motifs is 1. The highest BCUT2D eigenvalue weighted by molar-refractivity contribution is 6.00. The van der Waals surface area contributed by atoms with Crippen LogP contribution >= 0.6 is 0 Å². The average Bonchev–Trinajstić information content (AvgIpc) is 3.29. The fourth-order valence-electron chi connectivity index (χ4n) is 3.38. The van der Waals surface area contributed by atoms with Crippen LogP contribution in [-0.4, -0.2) is 50.5 Å². The fraction of sp³-hybridized carbons (Fsp3) is 0.455. The van der Waals surface area contributed by atoms with E-state index in [4.69, 9.17) is 18.9 Å². The van der Waals surface area contributed by atoms with Gasteiger partial charge in [0.1, 0.15) is 12.3 Å². The van der Waals surface area contributed by atoms with Crippen molar-refractivity contribution in [3.8, 4) is 11.5 Å². The maximum atomic E-state index is 12.8. The summed E-state index contributed by atoms with van der Waals surface area (Å²) in [5.74, 6) is 0.679.